The second kappa shape index (κ2) is 7.84. The third-order valence-electron chi connectivity index (χ3n) is 2.48. The monoisotopic (exact) mass is 254 g/mol. The van der Waals surface area contributed by atoms with E-state index < -0.39 is 0 Å². The molecule has 102 valence electrons. The molecule has 1 heterocycles. The zero-order valence-electron chi connectivity index (χ0n) is 11.1. The molecule has 0 radical (unpaired) electrons. The third-order valence-corrected chi connectivity index (χ3v) is 2.48. The first-order valence-electron chi connectivity index (χ1n) is 6.24. The Hall–Kier alpha value is -1.40. The average molecular weight is 254 g/mol. The van der Waals surface area contributed by atoms with E-state index in [1.54, 1.807) is 0 Å². The van der Waals surface area contributed by atoms with Gasteiger partial charge in [-0.25, -0.2) is 9.97 Å². The minimum absolute atomic E-state index is 0.0418. The second-order valence-electron chi connectivity index (χ2n) is 4.01. The molecule has 18 heavy (non-hydrogen) atoms. The highest BCUT2D eigenvalue weighted by molar-refractivity contribution is 5.54. The van der Waals surface area contributed by atoms with Crippen molar-refractivity contribution in [2.45, 2.75) is 26.7 Å². The molecule has 1 aromatic rings. The summed E-state index contributed by atoms with van der Waals surface area (Å²) in [5.41, 5.74) is 6.71. The maximum atomic E-state index is 8.58. The van der Waals surface area contributed by atoms with E-state index in [9.17, 15) is 0 Å². The molecule has 6 heteroatoms. The van der Waals surface area contributed by atoms with Crippen LogP contribution in [-0.2, 0) is 11.2 Å². The lowest BCUT2D eigenvalue weighted by molar-refractivity contribution is 0.0992. The fourth-order valence-corrected chi connectivity index (χ4v) is 1.50. The van der Waals surface area contributed by atoms with Crippen molar-refractivity contribution in [2.75, 3.05) is 37.4 Å². The standard InChI is InChI=1S/C12H22N4O2/c1-3-4-10-15-11(13)9(2)12(16-10)14-5-7-18-8-6-17/h17H,3-8H2,1-2H3,(H3,13,14,15,16). The van der Waals surface area contributed by atoms with Crippen LogP contribution in [0.15, 0.2) is 0 Å². The molecular weight excluding hydrogens is 232 g/mol. The highest BCUT2D eigenvalue weighted by atomic mass is 16.5. The summed E-state index contributed by atoms with van der Waals surface area (Å²) >= 11 is 0. The predicted molar refractivity (Wildman–Crippen MR) is 71.6 cm³/mol. The number of rotatable bonds is 8. The van der Waals surface area contributed by atoms with E-state index >= 15 is 0 Å². The number of aliphatic hydroxyl groups excluding tert-OH is 1. The number of aromatic nitrogens is 2. The van der Waals surface area contributed by atoms with Gasteiger partial charge in [0.1, 0.15) is 17.5 Å². The van der Waals surface area contributed by atoms with Crippen molar-refractivity contribution in [1.29, 1.82) is 0 Å². The number of hydrogen-bond acceptors (Lipinski definition) is 6. The first-order chi connectivity index (χ1) is 8.69. The Bertz CT molecular complexity index is 371. The summed E-state index contributed by atoms with van der Waals surface area (Å²) in [4.78, 5) is 8.68. The molecule has 0 amide bonds. The van der Waals surface area contributed by atoms with E-state index in [1.807, 2.05) is 6.92 Å². The molecule has 0 saturated carbocycles. The molecule has 0 spiro atoms. The van der Waals surface area contributed by atoms with E-state index in [0.29, 0.717) is 25.6 Å². The molecular formula is C12H22N4O2. The van der Waals surface area contributed by atoms with Crippen molar-refractivity contribution in [3.63, 3.8) is 0 Å². The van der Waals surface area contributed by atoms with Crippen molar-refractivity contribution in [2.24, 2.45) is 0 Å². The van der Waals surface area contributed by atoms with E-state index in [1.165, 1.54) is 0 Å². The summed E-state index contributed by atoms with van der Waals surface area (Å²) in [6, 6.07) is 0. The Morgan fingerprint density at radius 3 is 2.78 bits per heavy atom. The number of aliphatic hydroxyl groups is 1. The largest absolute Gasteiger partial charge is 0.394 e. The molecule has 0 aliphatic carbocycles. The van der Waals surface area contributed by atoms with Gasteiger partial charge in [0.25, 0.3) is 0 Å². The van der Waals surface area contributed by atoms with Crippen molar-refractivity contribution >= 4 is 11.6 Å². The van der Waals surface area contributed by atoms with Gasteiger partial charge < -0.3 is 20.9 Å². The molecule has 0 aromatic carbocycles. The molecule has 1 rings (SSSR count). The molecule has 1 aromatic heterocycles. The Morgan fingerprint density at radius 2 is 2.11 bits per heavy atom. The fraction of sp³-hybridized carbons (Fsp3) is 0.667. The molecule has 6 nitrogen and oxygen atoms in total. The normalized spacial score (nSPS) is 10.6. The van der Waals surface area contributed by atoms with Gasteiger partial charge in [0, 0.05) is 18.5 Å². The van der Waals surface area contributed by atoms with Gasteiger partial charge in [0.2, 0.25) is 0 Å². The quantitative estimate of drug-likeness (QED) is 0.592. The third kappa shape index (κ3) is 4.46. The summed E-state index contributed by atoms with van der Waals surface area (Å²) in [6.45, 7) is 5.51. The maximum absolute atomic E-state index is 8.58. The van der Waals surface area contributed by atoms with E-state index in [2.05, 4.69) is 22.2 Å². The molecule has 0 atom stereocenters. The zero-order valence-corrected chi connectivity index (χ0v) is 11.1. The van der Waals surface area contributed by atoms with Crippen molar-refractivity contribution in [3.8, 4) is 0 Å². The summed E-state index contributed by atoms with van der Waals surface area (Å²) in [6.07, 6.45) is 1.81. The fourth-order valence-electron chi connectivity index (χ4n) is 1.50. The highest BCUT2D eigenvalue weighted by Gasteiger charge is 2.07. The van der Waals surface area contributed by atoms with Crippen LogP contribution in [0.4, 0.5) is 11.6 Å². The number of nitrogens with two attached hydrogens (primary N) is 1. The van der Waals surface area contributed by atoms with Gasteiger partial charge >= 0.3 is 0 Å². The predicted octanol–water partition coefficient (Wildman–Crippen LogP) is 0.741. The maximum Gasteiger partial charge on any atom is 0.134 e. The van der Waals surface area contributed by atoms with Gasteiger partial charge in [-0.05, 0) is 13.3 Å². The van der Waals surface area contributed by atoms with Crippen LogP contribution < -0.4 is 11.1 Å². The Kier molecular flexibility index (Phi) is 6.38. The summed E-state index contributed by atoms with van der Waals surface area (Å²) in [7, 11) is 0. The molecule has 0 saturated heterocycles. The summed E-state index contributed by atoms with van der Waals surface area (Å²) < 4.78 is 5.17. The van der Waals surface area contributed by atoms with Crippen LogP contribution in [0.5, 0.6) is 0 Å². The number of nitrogens with one attached hydrogen (secondary N) is 1. The minimum atomic E-state index is 0.0418. The molecule has 0 aliphatic rings. The van der Waals surface area contributed by atoms with E-state index in [0.717, 1.165) is 30.0 Å². The van der Waals surface area contributed by atoms with Crippen LogP contribution in [0.1, 0.15) is 24.7 Å². The number of aryl methyl sites for hydroxylation is 1. The van der Waals surface area contributed by atoms with Gasteiger partial charge in [-0.15, -0.1) is 0 Å². The second-order valence-corrected chi connectivity index (χ2v) is 4.01. The number of nitrogen functional groups attached to an aromatic ring is 1. The van der Waals surface area contributed by atoms with Crippen LogP contribution in [0.2, 0.25) is 0 Å². The van der Waals surface area contributed by atoms with E-state index in [4.69, 9.17) is 15.6 Å². The number of anilines is 2. The lowest BCUT2D eigenvalue weighted by atomic mass is 10.2. The first kappa shape index (κ1) is 14.7. The number of hydrogen-bond donors (Lipinski definition) is 3. The first-order valence-corrected chi connectivity index (χ1v) is 6.24. The van der Waals surface area contributed by atoms with Crippen molar-refractivity contribution in [1.82, 2.24) is 9.97 Å². The van der Waals surface area contributed by atoms with Crippen LogP contribution in [-0.4, -0.2) is 41.4 Å². The Labute approximate surface area is 108 Å². The van der Waals surface area contributed by atoms with Gasteiger partial charge in [-0.2, -0.15) is 0 Å². The summed E-state index contributed by atoms with van der Waals surface area (Å²) in [5, 5.41) is 11.7. The van der Waals surface area contributed by atoms with Gasteiger partial charge in [0.15, 0.2) is 0 Å². The average Bonchev–Trinajstić information content (AvgIpc) is 2.35. The SMILES string of the molecule is CCCc1nc(N)c(C)c(NCCOCCO)n1. The van der Waals surface area contributed by atoms with Crippen LogP contribution in [0.3, 0.4) is 0 Å². The van der Waals surface area contributed by atoms with Crippen molar-refractivity contribution in [3.05, 3.63) is 11.4 Å². The zero-order chi connectivity index (χ0) is 13.4. The molecule has 0 bridgehead atoms. The Balaban J connectivity index is 2.57. The van der Waals surface area contributed by atoms with Crippen molar-refractivity contribution < 1.29 is 9.84 Å². The lowest BCUT2D eigenvalue weighted by Crippen LogP contribution is -2.15. The number of nitrogens with zero attached hydrogens (tertiary/aromatic N) is 2. The molecule has 0 fully saturated rings. The van der Waals surface area contributed by atoms with Crippen LogP contribution in [0.25, 0.3) is 0 Å². The molecule has 0 unspecified atom stereocenters. The van der Waals surface area contributed by atoms with Crippen LogP contribution >= 0.6 is 0 Å². The Morgan fingerprint density at radius 1 is 1.33 bits per heavy atom. The van der Waals surface area contributed by atoms with Gasteiger partial charge in [-0.1, -0.05) is 6.92 Å². The summed E-state index contributed by atoms with van der Waals surface area (Å²) in [5.74, 6) is 2.05. The van der Waals surface area contributed by atoms with Gasteiger partial charge in [-0.3, -0.25) is 0 Å². The number of ether oxygens (including phenoxy) is 1. The minimum Gasteiger partial charge on any atom is -0.394 e. The smallest absolute Gasteiger partial charge is 0.134 e. The van der Waals surface area contributed by atoms with Crippen LogP contribution in [0, 0.1) is 6.92 Å². The molecule has 0 aliphatic heterocycles. The van der Waals surface area contributed by atoms with E-state index in [-0.39, 0.29) is 6.61 Å². The molecule has 4 N–H and O–H groups in total. The van der Waals surface area contributed by atoms with Gasteiger partial charge in [0.05, 0.1) is 19.8 Å². The topological polar surface area (TPSA) is 93.3 Å². The highest BCUT2D eigenvalue weighted by Crippen LogP contribution is 2.17. The lowest BCUT2D eigenvalue weighted by Gasteiger charge is -2.11.